The fraction of sp³-hybridized carbons (Fsp3) is 0.625. The molecule has 2 bridgehead atoms. The van der Waals surface area contributed by atoms with Crippen LogP contribution < -0.4 is 0 Å². The van der Waals surface area contributed by atoms with E-state index in [1.807, 2.05) is 6.92 Å². The van der Waals surface area contributed by atoms with E-state index in [1.54, 1.807) is 24.3 Å². The molecule has 3 aliphatic rings. The lowest BCUT2D eigenvalue weighted by Crippen LogP contribution is -2.43. The molecule has 0 radical (unpaired) electrons. The van der Waals surface area contributed by atoms with Crippen LogP contribution in [0.1, 0.15) is 31.2 Å². The molecule has 0 saturated heterocycles. The van der Waals surface area contributed by atoms with E-state index in [0.29, 0.717) is 5.92 Å². The summed E-state index contributed by atoms with van der Waals surface area (Å²) < 4.78 is 29.6. The lowest BCUT2D eigenvalue weighted by atomic mass is 9.63. The average molecular weight is 310 g/mol. The normalized spacial score (nSPS) is 32.3. The minimum atomic E-state index is -3.69. The van der Waals surface area contributed by atoms with Gasteiger partial charge < -0.3 is 5.11 Å². The molecule has 4 nitrogen and oxygen atoms in total. The van der Waals surface area contributed by atoms with Gasteiger partial charge in [-0.15, -0.1) is 0 Å². The Labute approximate surface area is 126 Å². The quantitative estimate of drug-likeness (QED) is 0.868. The fourth-order valence-corrected chi connectivity index (χ4v) is 4.72. The predicted octanol–water partition coefficient (Wildman–Crippen LogP) is 2.50. The Bertz CT molecular complexity index is 593. The van der Waals surface area contributed by atoms with Crippen LogP contribution >= 0.6 is 0 Å². The van der Waals surface area contributed by atoms with Gasteiger partial charge in [-0.2, -0.15) is 8.42 Å². The van der Waals surface area contributed by atoms with Gasteiger partial charge in [0.1, 0.15) is 0 Å². The van der Waals surface area contributed by atoms with Gasteiger partial charge in [-0.3, -0.25) is 4.18 Å². The second kappa shape index (κ2) is 5.71. The summed E-state index contributed by atoms with van der Waals surface area (Å²) in [5.41, 5.74) is 1.02. The Kier molecular flexibility index (Phi) is 4.08. The summed E-state index contributed by atoms with van der Waals surface area (Å²) in [6.45, 7) is 2.10. The monoisotopic (exact) mass is 310 g/mol. The first-order valence-corrected chi connectivity index (χ1v) is 9.01. The second-order valence-electron chi connectivity index (χ2n) is 6.46. The molecule has 1 aromatic rings. The molecule has 5 heteroatoms. The van der Waals surface area contributed by atoms with Crippen LogP contribution in [0.4, 0.5) is 0 Å². The fourth-order valence-electron chi connectivity index (χ4n) is 3.76. The van der Waals surface area contributed by atoms with Crippen molar-refractivity contribution in [2.24, 2.45) is 17.8 Å². The van der Waals surface area contributed by atoms with Crippen LogP contribution in [-0.2, 0) is 14.3 Å². The van der Waals surface area contributed by atoms with Crippen LogP contribution in [0.2, 0.25) is 0 Å². The molecule has 1 aromatic carbocycles. The minimum Gasteiger partial charge on any atom is -0.393 e. The lowest BCUT2D eigenvalue weighted by molar-refractivity contribution is -0.0485. The van der Waals surface area contributed by atoms with Crippen molar-refractivity contribution in [3.63, 3.8) is 0 Å². The van der Waals surface area contributed by atoms with E-state index < -0.39 is 10.1 Å². The highest BCUT2D eigenvalue weighted by Gasteiger charge is 2.41. The largest absolute Gasteiger partial charge is 0.393 e. The van der Waals surface area contributed by atoms with Crippen LogP contribution in [0.3, 0.4) is 0 Å². The van der Waals surface area contributed by atoms with Crippen molar-refractivity contribution in [1.82, 2.24) is 0 Å². The van der Waals surface area contributed by atoms with Crippen LogP contribution in [0.25, 0.3) is 0 Å². The number of aryl methyl sites for hydroxylation is 1. The molecule has 0 aromatic heterocycles. The molecule has 4 rings (SSSR count). The Morgan fingerprint density at radius 3 is 2.52 bits per heavy atom. The number of aliphatic hydroxyl groups excluding tert-OH is 1. The lowest BCUT2D eigenvalue weighted by Gasteiger charge is -2.45. The van der Waals surface area contributed by atoms with Gasteiger partial charge in [0.15, 0.2) is 0 Å². The number of benzene rings is 1. The molecule has 4 atom stereocenters. The van der Waals surface area contributed by atoms with Crippen molar-refractivity contribution in [1.29, 1.82) is 0 Å². The second-order valence-corrected chi connectivity index (χ2v) is 8.07. The molecule has 3 aliphatic carbocycles. The van der Waals surface area contributed by atoms with E-state index in [-0.39, 0.29) is 29.4 Å². The third kappa shape index (κ3) is 3.15. The Morgan fingerprint density at radius 1 is 1.19 bits per heavy atom. The SMILES string of the molecule is Cc1ccc(S(=O)(=O)OC[C@H]2C[C@H]3CC[C@H]2[C@H](O)C3)cc1. The highest BCUT2D eigenvalue weighted by atomic mass is 32.2. The van der Waals surface area contributed by atoms with E-state index in [4.69, 9.17) is 4.18 Å². The molecular weight excluding hydrogens is 288 g/mol. The zero-order valence-corrected chi connectivity index (χ0v) is 13.1. The molecule has 3 fully saturated rings. The molecular formula is C16H22O4S. The van der Waals surface area contributed by atoms with Gasteiger partial charge >= 0.3 is 0 Å². The van der Waals surface area contributed by atoms with Gasteiger partial charge in [0, 0.05) is 0 Å². The zero-order chi connectivity index (χ0) is 15.0. The smallest absolute Gasteiger partial charge is 0.296 e. The summed E-state index contributed by atoms with van der Waals surface area (Å²) in [4.78, 5) is 0.203. The van der Waals surface area contributed by atoms with Gasteiger partial charge in [-0.25, -0.2) is 0 Å². The van der Waals surface area contributed by atoms with Crippen molar-refractivity contribution in [2.45, 2.75) is 43.6 Å². The van der Waals surface area contributed by atoms with Crippen molar-refractivity contribution in [3.8, 4) is 0 Å². The summed E-state index contributed by atoms with van der Waals surface area (Å²) in [6, 6.07) is 6.68. The molecule has 0 amide bonds. The first-order valence-electron chi connectivity index (χ1n) is 7.60. The average Bonchev–Trinajstić information content (AvgIpc) is 2.46. The number of hydrogen-bond acceptors (Lipinski definition) is 4. The molecule has 0 spiro atoms. The maximum atomic E-state index is 12.2. The molecule has 0 unspecified atom stereocenters. The molecule has 1 N–H and O–H groups in total. The summed E-state index contributed by atoms with van der Waals surface area (Å²) in [6.07, 6.45) is 3.71. The van der Waals surface area contributed by atoms with Crippen LogP contribution in [0, 0.1) is 24.7 Å². The highest BCUT2D eigenvalue weighted by Crippen LogP contribution is 2.45. The molecule has 21 heavy (non-hydrogen) atoms. The van der Waals surface area contributed by atoms with Gasteiger partial charge in [-0.1, -0.05) is 17.7 Å². The summed E-state index contributed by atoms with van der Waals surface area (Å²) in [5.74, 6) is 0.886. The van der Waals surface area contributed by atoms with Crippen LogP contribution in [-0.4, -0.2) is 26.2 Å². The van der Waals surface area contributed by atoms with E-state index in [9.17, 15) is 13.5 Å². The minimum absolute atomic E-state index is 0.160. The van der Waals surface area contributed by atoms with Gasteiger partial charge in [0.25, 0.3) is 10.1 Å². The van der Waals surface area contributed by atoms with Crippen molar-refractivity contribution in [3.05, 3.63) is 29.8 Å². The van der Waals surface area contributed by atoms with Crippen molar-refractivity contribution in [2.75, 3.05) is 6.61 Å². The van der Waals surface area contributed by atoms with Gasteiger partial charge in [0.2, 0.25) is 0 Å². The standard InChI is InChI=1S/C16H22O4S/c1-11-2-5-14(6-3-11)21(18,19)20-10-13-8-12-4-7-15(13)16(17)9-12/h2-3,5-6,12-13,15-17H,4,7-10H2,1H3/t12-,13-,15-,16-/m1/s1. The van der Waals surface area contributed by atoms with Crippen molar-refractivity contribution >= 4 is 10.1 Å². The molecule has 116 valence electrons. The highest BCUT2D eigenvalue weighted by molar-refractivity contribution is 7.86. The number of aliphatic hydroxyl groups is 1. The molecule has 0 heterocycles. The third-order valence-electron chi connectivity index (χ3n) is 4.97. The molecule has 3 saturated carbocycles. The number of rotatable bonds is 4. The van der Waals surface area contributed by atoms with E-state index in [0.717, 1.165) is 31.2 Å². The van der Waals surface area contributed by atoms with Gasteiger partial charge in [-0.05, 0) is 62.5 Å². The Hall–Kier alpha value is -0.910. The van der Waals surface area contributed by atoms with Crippen LogP contribution in [0.5, 0.6) is 0 Å². The number of hydrogen-bond donors (Lipinski definition) is 1. The Morgan fingerprint density at radius 2 is 1.90 bits per heavy atom. The van der Waals surface area contributed by atoms with E-state index >= 15 is 0 Å². The maximum absolute atomic E-state index is 12.2. The predicted molar refractivity (Wildman–Crippen MR) is 79.3 cm³/mol. The molecule has 0 aliphatic heterocycles. The van der Waals surface area contributed by atoms with Crippen LogP contribution in [0.15, 0.2) is 29.2 Å². The first-order chi connectivity index (χ1) is 9.95. The van der Waals surface area contributed by atoms with Crippen molar-refractivity contribution < 1.29 is 17.7 Å². The van der Waals surface area contributed by atoms with E-state index in [1.165, 1.54) is 0 Å². The number of fused-ring (bicyclic) bond motifs is 3. The summed E-state index contributed by atoms with van der Waals surface area (Å²) in [5, 5.41) is 10.0. The topological polar surface area (TPSA) is 63.6 Å². The van der Waals surface area contributed by atoms with Gasteiger partial charge in [0.05, 0.1) is 17.6 Å². The summed E-state index contributed by atoms with van der Waals surface area (Å²) >= 11 is 0. The maximum Gasteiger partial charge on any atom is 0.296 e. The third-order valence-corrected chi connectivity index (χ3v) is 6.26. The zero-order valence-electron chi connectivity index (χ0n) is 12.2. The first kappa shape index (κ1) is 15.0. The van der Waals surface area contributed by atoms with E-state index in [2.05, 4.69) is 0 Å². The Balaban J connectivity index is 1.65. The summed E-state index contributed by atoms with van der Waals surface area (Å²) in [7, 11) is -3.69.